The minimum atomic E-state index is 0.667. The van der Waals surface area contributed by atoms with E-state index in [1.54, 1.807) is 0 Å². The highest BCUT2D eigenvalue weighted by Gasteiger charge is 2.32. The molecule has 21 heavy (non-hydrogen) atoms. The molecule has 116 valence electrons. The second-order valence-electron chi connectivity index (χ2n) is 6.88. The van der Waals surface area contributed by atoms with Crippen LogP contribution in [0.2, 0.25) is 0 Å². The van der Waals surface area contributed by atoms with E-state index < -0.39 is 0 Å². The minimum Gasteiger partial charge on any atom is -0.493 e. The van der Waals surface area contributed by atoms with Gasteiger partial charge < -0.3 is 10.1 Å². The highest BCUT2D eigenvalue weighted by molar-refractivity contribution is 5.45. The second-order valence-corrected chi connectivity index (χ2v) is 6.88. The van der Waals surface area contributed by atoms with Gasteiger partial charge >= 0.3 is 0 Å². The van der Waals surface area contributed by atoms with Crippen LogP contribution < -0.4 is 10.1 Å². The summed E-state index contributed by atoms with van der Waals surface area (Å²) in [5.41, 5.74) is 2.92. The highest BCUT2D eigenvalue weighted by Crippen LogP contribution is 2.45. The van der Waals surface area contributed by atoms with Gasteiger partial charge in [0.15, 0.2) is 0 Å². The van der Waals surface area contributed by atoms with Crippen molar-refractivity contribution in [3.8, 4) is 5.75 Å². The standard InChI is InChI=1S/C19H29NO/c1-3-20-13-16-10-9-14(2)12-18(16)17-8-4-6-15-7-5-11-21-19(15)17/h4,6,8,14,16,18,20H,3,5,7,9-13H2,1-2H3. The fraction of sp³-hybridized carbons (Fsp3) is 0.684. The largest absolute Gasteiger partial charge is 0.493 e. The summed E-state index contributed by atoms with van der Waals surface area (Å²) >= 11 is 0. The van der Waals surface area contributed by atoms with Crippen LogP contribution in [0, 0.1) is 11.8 Å². The van der Waals surface area contributed by atoms with Crippen LogP contribution in [0.3, 0.4) is 0 Å². The third kappa shape index (κ3) is 3.26. The Morgan fingerprint density at radius 3 is 3.05 bits per heavy atom. The van der Waals surface area contributed by atoms with Gasteiger partial charge in [0.25, 0.3) is 0 Å². The molecule has 1 heterocycles. The highest BCUT2D eigenvalue weighted by atomic mass is 16.5. The van der Waals surface area contributed by atoms with Gasteiger partial charge in [-0.2, -0.15) is 0 Å². The predicted octanol–water partition coefficient (Wildman–Crippen LogP) is 4.14. The first-order valence-corrected chi connectivity index (χ1v) is 8.75. The van der Waals surface area contributed by atoms with E-state index >= 15 is 0 Å². The van der Waals surface area contributed by atoms with E-state index in [0.29, 0.717) is 5.92 Å². The molecule has 0 aromatic heterocycles. The molecule has 1 aliphatic heterocycles. The van der Waals surface area contributed by atoms with Crippen LogP contribution in [0.4, 0.5) is 0 Å². The van der Waals surface area contributed by atoms with E-state index in [9.17, 15) is 0 Å². The zero-order valence-corrected chi connectivity index (χ0v) is 13.5. The quantitative estimate of drug-likeness (QED) is 0.898. The van der Waals surface area contributed by atoms with Gasteiger partial charge in [0.2, 0.25) is 0 Å². The number of para-hydroxylation sites is 1. The van der Waals surface area contributed by atoms with Gasteiger partial charge in [0.05, 0.1) is 6.61 Å². The number of fused-ring (bicyclic) bond motifs is 1. The molecule has 0 spiro atoms. The Bertz CT molecular complexity index is 469. The Labute approximate surface area is 129 Å². The average Bonchev–Trinajstić information content (AvgIpc) is 2.53. The lowest BCUT2D eigenvalue weighted by atomic mass is 9.71. The molecule has 0 amide bonds. The van der Waals surface area contributed by atoms with E-state index in [-0.39, 0.29) is 0 Å². The van der Waals surface area contributed by atoms with E-state index in [1.807, 2.05) is 0 Å². The van der Waals surface area contributed by atoms with E-state index in [0.717, 1.165) is 31.5 Å². The van der Waals surface area contributed by atoms with Gasteiger partial charge in [0.1, 0.15) is 5.75 Å². The Hall–Kier alpha value is -1.02. The number of nitrogens with one attached hydrogen (secondary N) is 1. The molecule has 1 aromatic rings. The number of hydrogen-bond acceptors (Lipinski definition) is 2. The summed E-state index contributed by atoms with van der Waals surface area (Å²) < 4.78 is 6.08. The predicted molar refractivity (Wildman–Crippen MR) is 88.0 cm³/mol. The summed E-state index contributed by atoms with van der Waals surface area (Å²) in [6.07, 6.45) is 6.39. The van der Waals surface area contributed by atoms with Gasteiger partial charge in [-0.1, -0.05) is 38.5 Å². The van der Waals surface area contributed by atoms with E-state index in [2.05, 4.69) is 37.4 Å². The van der Waals surface area contributed by atoms with E-state index in [4.69, 9.17) is 4.74 Å². The fourth-order valence-corrected chi connectivity index (χ4v) is 4.10. The summed E-state index contributed by atoms with van der Waals surface area (Å²) in [6.45, 7) is 7.73. The number of hydrogen-bond donors (Lipinski definition) is 1. The Morgan fingerprint density at radius 2 is 2.19 bits per heavy atom. The van der Waals surface area contributed by atoms with Crippen LogP contribution in [-0.4, -0.2) is 19.7 Å². The fourth-order valence-electron chi connectivity index (χ4n) is 4.10. The molecule has 0 bridgehead atoms. The summed E-state index contributed by atoms with van der Waals surface area (Å²) in [5, 5.41) is 3.57. The molecular formula is C19H29NO. The van der Waals surface area contributed by atoms with Crippen molar-refractivity contribution in [2.24, 2.45) is 11.8 Å². The lowest BCUT2D eigenvalue weighted by Crippen LogP contribution is -2.32. The van der Waals surface area contributed by atoms with Crippen molar-refractivity contribution >= 4 is 0 Å². The number of aryl methyl sites for hydroxylation is 1. The average molecular weight is 287 g/mol. The molecule has 1 saturated carbocycles. The van der Waals surface area contributed by atoms with Gasteiger partial charge in [-0.3, -0.25) is 0 Å². The third-order valence-electron chi connectivity index (χ3n) is 5.28. The number of ether oxygens (including phenoxy) is 1. The Morgan fingerprint density at radius 1 is 1.29 bits per heavy atom. The molecule has 3 rings (SSSR count). The molecule has 2 heteroatoms. The van der Waals surface area contributed by atoms with Crippen molar-refractivity contribution in [3.63, 3.8) is 0 Å². The number of benzene rings is 1. The first-order valence-electron chi connectivity index (χ1n) is 8.75. The summed E-state index contributed by atoms with van der Waals surface area (Å²) in [6, 6.07) is 6.82. The Balaban J connectivity index is 1.88. The SMILES string of the molecule is CCNCC1CCC(C)CC1c1cccc2c1OCCC2. The van der Waals surface area contributed by atoms with Crippen LogP contribution in [-0.2, 0) is 6.42 Å². The van der Waals surface area contributed by atoms with Crippen molar-refractivity contribution in [1.29, 1.82) is 0 Å². The maximum atomic E-state index is 6.08. The zero-order valence-electron chi connectivity index (χ0n) is 13.5. The maximum Gasteiger partial charge on any atom is 0.125 e. The van der Waals surface area contributed by atoms with Crippen molar-refractivity contribution in [1.82, 2.24) is 5.32 Å². The maximum absolute atomic E-state index is 6.08. The molecule has 0 radical (unpaired) electrons. The molecule has 2 nitrogen and oxygen atoms in total. The van der Waals surface area contributed by atoms with Crippen LogP contribution in [0.5, 0.6) is 5.75 Å². The van der Waals surface area contributed by atoms with Crippen molar-refractivity contribution in [2.45, 2.75) is 51.9 Å². The molecule has 1 aliphatic carbocycles. The van der Waals surface area contributed by atoms with Crippen molar-refractivity contribution in [3.05, 3.63) is 29.3 Å². The van der Waals surface area contributed by atoms with Crippen LogP contribution >= 0.6 is 0 Å². The van der Waals surface area contributed by atoms with Gasteiger partial charge in [-0.15, -0.1) is 0 Å². The lowest BCUT2D eigenvalue weighted by molar-refractivity contribution is 0.229. The Kier molecular flexibility index (Phi) is 4.84. The molecular weight excluding hydrogens is 258 g/mol. The van der Waals surface area contributed by atoms with Crippen LogP contribution in [0.25, 0.3) is 0 Å². The topological polar surface area (TPSA) is 21.3 Å². The van der Waals surface area contributed by atoms with Gasteiger partial charge in [-0.25, -0.2) is 0 Å². The minimum absolute atomic E-state index is 0.667. The van der Waals surface area contributed by atoms with Gasteiger partial charge in [0, 0.05) is 0 Å². The zero-order chi connectivity index (χ0) is 14.7. The third-order valence-corrected chi connectivity index (χ3v) is 5.28. The van der Waals surface area contributed by atoms with Crippen LogP contribution in [0.1, 0.15) is 56.6 Å². The smallest absolute Gasteiger partial charge is 0.125 e. The molecule has 2 aliphatic rings. The number of rotatable bonds is 4. The molecule has 1 fully saturated rings. The normalized spacial score (nSPS) is 28.8. The first kappa shape index (κ1) is 14.9. The first-order chi connectivity index (χ1) is 10.3. The summed E-state index contributed by atoms with van der Waals surface area (Å²) in [7, 11) is 0. The van der Waals surface area contributed by atoms with E-state index in [1.165, 1.54) is 49.0 Å². The molecule has 1 N–H and O–H groups in total. The monoisotopic (exact) mass is 287 g/mol. The van der Waals surface area contributed by atoms with Crippen LogP contribution in [0.15, 0.2) is 18.2 Å². The summed E-state index contributed by atoms with van der Waals surface area (Å²) in [4.78, 5) is 0. The summed E-state index contributed by atoms with van der Waals surface area (Å²) in [5.74, 6) is 3.50. The lowest BCUT2D eigenvalue weighted by Gasteiger charge is -2.37. The second kappa shape index (κ2) is 6.83. The molecule has 0 saturated heterocycles. The molecule has 1 aromatic carbocycles. The van der Waals surface area contributed by atoms with Gasteiger partial charge in [-0.05, 0) is 67.7 Å². The molecule has 3 atom stereocenters. The molecule has 3 unspecified atom stereocenters. The van der Waals surface area contributed by atoms with Crippen molar-refractivity contribution < 1.29 is 4.74 Å². The van der Waals surface area contributed by atoms with Crippen molar-refractivity contribution in [2.75, 3.05) is 19.7 Å².